The Morgan fingerprint density at radius 3 is 2.36 bits per heavy atom. The molecule has 4 rings (SSSR count). The summed E-state index contributed by atoms with van der Waals surface area (Å²) in [6, 6.07) is 17.7. The van der Waals surface area contributed by atoms with Gasteiger partial charge in [-0.1, -0.05) is 55.8 Å². The summed E-state index contributed by atoms with van der Waals surface area (Å²) < 4.78 is 65.9. The zero-order valence-electron chi connectivity index (χ0n) is 20.4. The fourth-order valence-electron chi connectivity index (χ4n) is 4.33. The summed E-state index contributed by atoms with van der Waals surface area (Å²) in [5.41, 5.74) is 0.728. The van der Waals surface area contributed by atoms with Gasteiger partial charge < -0.3 is 4.57 Å². The number of nitrogens with one attached hydrogen (secondary N) is 1. The molecule has 2 heterocycles. The first-order chi connectivity index (χ1) is 17.0. The Bertz CT molecular complexity index is 1490. The molecule has 0 fully saturated rings. The van der Waals surface area contributed by atoms with E-state index in [1.54, 1.807) is 29.0 Å². The Hall–Kier alpha value is -3.33. The monoisotopic (exact) mass is 515 g/mol. The van der Waals surface area contributed by atoms with Crippen molar-refractivity contribution in [3.63, 3.8) is 0 Å². The Morgan fingerprint density at radius 1 is 1.00 bits per heavy atom. The molecule has 0 atom stereocenters. The van der Waals surface area contributed by atoms with E-state index in [0.29, 0.717) is 17.7 Å². The predicted molar refractivity (Wildman–Crippen MR) is 137 cm³/mol. The molecule has 0 aliphatic carbocycles. The molecule has 0 radical (unpaired) electrons. The SMILES string of the molecule is CCCCc1cc2c(C)cc(C)nc2n1Cc1ccc(-c2ccccc2NS(=O)(=O)C(F)(F)F)cc1. The van der Waals surface area contributed by atoms with Crippen LogP contribution in [0.25, 0.3) is 22.2 Å². The van der Waals surface area contributed by atoms with Crippen molar-refractivity contribution in [1.29, 1.82) is 0 Å². The highest BCUT2D eigenvalue weighted by atomic mass is 32.2. The van der Waals surface area contributed by atoms with Crippen molar-refractivity contribution >= 4 is 26.7 Å². The second-order valence-corrected chi connectivity index (χ2v) is 10.6. The Morgan fingerprint density at radius 2 is 1.69 bits per heavy atom. The molecular formula is C27H28F3N3O2S. The van der Waals surface area contributed by atoms with E-state index in [1.807, 2.05) is 19.1 Å². The van der Waals surface area contributed by atoms with Crippen molar-refractivity contribution < 1.29 is 21.6 Å². The Balaban J connectivity index is 1.67. The molecule has 0 saturated carbocycles. The summed E-state index contributed by atoms with van der Waals surface area (Å²) in [5, 5.41) is 1.13. The number of aromatic nitrogens is 2. The van der Waals surface area contributed by atoms with Gasteiger partial charge in [0.25, 0.3) is 0 Å². The van der Waals surface area contributed by atoms with Crippen molar-refractivity contribution in [2.24, 2.45) is 0 Å². The van der Waals surface area contributed by atoms with Crippen LogP contribution in [0.5, 0.6) is 0 Å². The molecule has 1 N–H and O–H groups in total. The van der Waals surface area contributed by atoms with Crippen LogP contribution in [0.4, 0.5) is 18.9 Å². The Labute approximate surface area is 209 Å². The first-order valence-corrected chi connectivity index (χ1v) is 13.2. The van der Waals surface area contributed by atoms with E-state index in [4.69, 9.17) is 4.98 Å². The molecule has 0 aliphatic rings. The van der Waals surface area contributed by atoms with Gasteiger partial charge in [0.1, 0.15) is 5.65 Å². The largest absolute Gasteiger partial charge is 0.516 e. The highest BCUT2D eigenvalue weighted by molar-refractivity contribution is 7.93. The third kappa shape index (κ3) is 5.26. The fraction of sp³-hybridized carbons (Fsp3) is 0.296. The molecular weight excluding hydrogens is 487 g/mol. The molecule has 0 unspecified atom stereocenters. The summed E-state index contributed by atoms with van der Waals surface area (Å²) in [6.07, 6.45) is 3.09. The molecule has 2 aromatic heterocycles. The smallest absolute Gasteiger partial charge is 0.325 e. The molecule has 190 valence electrons. The van der Waals surface area contributed by atoms with Crippen LogP contribution in [-0.2, 0) is 23.0 Å². The number of benzene rings is 2. The number of anilines is 1. The average molecular weight is 516 g/mol. The van der Waals surface area contributed by atoms with Gasteiger partial charge in [0, 0.05) is 28.9 Å². The minimum absolute atomic E-state index is 0.129. The maximum atomic E-state index is 12.9. The molecule has 9 heteroatoms. The molecule has 0 saturated heterocycles. The van der Waals surface area contributed by atoms with Gasteiger partial charge in [0.2, 0.25) is 0 Å². The quantitative estimate of drug-likeness (QED) is 0.276. The number of alkyl halides is 3. The molecule has 0 amide bonds. The van der Waals surface area contributed by atoms with Crippen LogP contribution < -0.4 is 4.72 Å². The second-order valence-electron chi connectivity index (χ2n) is 8.94. The van der Waals surface area contributed by atoms with Crippen molar-refractivity contribution in [3.05, 3.63) is 83.2 Å². The van der Waals surface area contributed by atoms with Crippen molar-refractivity contribution in [2.45, 2.75) is 52.1 Å². The number of para-hydroxylation sites is 1. The third-order valence-corrected chi connectivity index (χ3v) is 7.25. The number of rotatable bonds is 8. The van der Waals surface area contributed by atoms with Gasteiger partial charge in [-0.2, -0.15) is 21.6 Å². The van der Waals surface area contributed by atoms with Gasteiger partial charge >= 0.3 is 15.5 Å². The van der Waals surface area contributed by atoms with E-state index in [9.17, 15) is 21.6 Å². The van der Waals surface area contributed by atoms with Crippen LogP contribution in [0.2, 0.25) is 0 Å². The number of pyridine rings is 1. The minimum Gasteiger partial charge on any atom is -0.325 e. The lowest BCUT2D eigenvalue weighted by Crippen LogP contribution is -2.30. The van der Waals surface area contributed by atoms with Crippen molar-refractivity contribution in [3.8, 4) is 11.1 Å². The lowest BCUT2D eigenvalue weighted by Gasteiger charge is -2.15. The molecule has 0 bridgehead atoms. The number of sulfonamides is 1. The van der Waals surface area contributed by atoms with Gasteiger partial charge in [-0.15, -0.1) is 0 Å². The van der Waals surface area contributed by atoms with Crippen LogP contribution in [0.15, 0.2) is 60.7 Å². The minimum atomic E-state index is -5.52. The van der Waals surface area contributed by atoms with E-state index >= 15 is 0 Å². The fourth-order valence-corrected chi connectivity index (χ4v) is 4.92. The van der Waals surface area contributed by atoms with E-state index in [-0.39, 0.29) is 5.69 Å². The predicted octanol–water partition coefficient (Wildman–Crippen LogP) is 6.97. The van der Waals surface area contributed by atoms with E-state index in [1.165, 1.54) is 23.4 Å². The van der Waals surface area contributed by atoms with E-state index in [0.717, 1.165) is 41.6 Å². The van der Waals surface area contributed by atoms with Gasteiger partial charge in [-0.05, 0) is 61.6 Å². The van der Waals surface area contributed by atoms with E-state index < -0.39 is 15.5 Å². The summed E-state index contributed by atoms with van der Waals surface area (Å²) in [6.45, 7) is 6.83. The van der Waals surface area contributed by atoms with Crippen LogP contribution in [0.3, 0.4) is 0 Å². The van der Waals surface area contributed by atoms with E-state index in [2.05, 4.69) is 30.5 Å². The first kappa shape index (κ1) is 25.8. The standard InChI is InChI=1S/C27H28F3N3O2S/c1-4-5-8-22-16-24-18(2)15-19(3)31-26(24)33(22)17-20-11-13-21(14-12-20)23-9-6-7-10-25(23)32-36(34,35)27(28,29)30/h6-7,9-16,32H,4-5,8,17H2,1-3H3. The molecule has 4 aromatic rings. The number of fused-ring (bicyclic) bond motifs is 1. The summed E-state index contributed by atoms with van der Waals surface area (Å²) in [4.78, 5) is 4.80. The summed E-state index contributed by atoms with van der Waals surface area (Å²) in [5.74, 6) is 0. The third-order valence-electron chi connectivity index (χ3n) is 6.15. The summed E-state index contributed by atoms with van der Waals surface area (Å²) in [7, 11) is -5.52. The van der Waals surface area contributed by atoms with Gasteiger partial charge in [-0.3, -0.25) is 4.72 Å². The first-order valence-electron chi connectivity index (χ1n) is 11.7. The van der Waals surface area contributed by atoms with Gasteiger partial charge in [0.05, 0.1) is 5.69 Å². The van der Waals surface area contributed by atoms with Crippen LogP contribution >= 0.6 is 0 Å². The molecule has 0 aliphatic heterocycles. The number of nitrogens with zero attached hydrogens (tertiary/aromatic N) is 2. The van der Waals surface area contributed by atoms with Crippen molar-refractivity contribution in [1.82, 2.24) is 9.55 Å². The normalized spacial score (nSPS) is 12.3. The highest BCUT2D eigenvalue weighted by Gasteiger charge is 2.46. The number of unbranched alkanes of at least 4 members (excludes halogenated alkanes) is 1. The Kier molecular flexibility index (Phi) is 7.13. The topological polar surface area (TPSA) is 64.0 Å². The highest BCUT2D eigenvalue weighted by Crippen LogP contribution is 2.33. The molecule has 36 heavy (non-hydrogen) atoms. The molecule has 0 spiro atoms. The molecule has 2 aromatic carbocycles. The maximum Gasteiger partial charge on any atom is 0.516 e. The van der Waals surface area contributed by atoms with Crippen molar-refractivity contribution in [2.75, 3.05) is 4.72 Å². The van der Waals surface area contributed by atoms with Gasteiger partial charge in [-0.25, -0.2) is 4.98 Å². The number of halogens is 3. The second kappa shape index (κ2) is 9.97. The lowest BCUT2D eigenvalue weighted by molar-refractivity contribution is -0.0429. The lowest BCUT2D eigenvalue weighted by atomic mass is 10.0. The van der Waals surface area contributed by atoms with Crippen LogP contribution in [0, 0.1) is 13.8 Å². The number of hydrogen-bond acceptors (Lipinski definition) is 3. The zero-order valence-corrected chi connectivity index (χ0v) is 21.2. The van der Waals surface area contributed by atoms with Crippen LogP contribution in [0.1, 0.15) is 42.3 Å². The zero-order chi connectivity index (χ0) is 26.1. The average Bonchev–Trinajstić information content (AvgIpc) is 3.15. The van der Waals surface area contributed by atoms with Gasteiger partial charge in [0.15, 0.2) is 0 Å². The number of hydrogen-bond donors (Lipinski definition) is 1. The maximum absolute atomic E-state index is 12.9. The summed E-state index contributed by atoms with van der Waals surface area (Å²) >= 11 is 0. The van der Waals surface area contributed by atoms with Crippen LogP contribution in [-0.4, -0.2) is 23.5 Å². The molecule has 5 nitrogen and oxygen atoms in total. The number of aryl methyl sites for hydroxylation is 3.